The number of furan rings is 1. The molecule has 0 aliphatic carbocycles. The van der Waals surface area contributed by atoms with Crippen LogP contribution in [0.2, 0.25) is 0 Å². The first-order chi connectivity index (χ1) is 8.75. The minimum absolute atomic E-state index is 0.0667. The topological polar surface area (TPSA) is 45.8 Å². The maximum atomic E-state index is 11.6. The van der Waals surface area contributed by atoms with Crippen LogP contribution in [-0.4, -0.2) is 16.6 Å². The summed E-state index contributed by atoms with van der Waals surface area (Å²) >= 11 is 1.63. The van der Waals surface area contributed by atoms with Crippen LogP contribution in [0.15, 0.2) is 45.4 Å². The lowest BCUT2D eigenvalue weighted by molar-refractivity contribution is -0.130. The summed E-state index contributed by atoms with van der Waals surface area (Å²) in [5.74, 6) is 0.712. The Hall–Kier alpha value is -1.88. The third-order valence-corrected chi connectivity index (χ3v) is 3.83. The molecule has 4 nitrogen and oxygen atoms in total. The summed E-state index contributed by atoms with van der Waals surface area (Å²) in [7, 11) is 0. The van der Waals surface area contributed by atoms with Gasteiger partial charge in [-0.2, -0.15) is 5.10 Å². The maximum absolute atomic E-state index is 11.6. The van der Waals surface area contributed by atoms with Gasteiger partial charge >= 0.3 is 0 Å². The number of amides is 1. The van der Waals surface area contributed by atoms with Gasteiger partial charge in [0.05, 0.1) is 16.9 Å². The molecule has 0 aromatic carbocycles. The van der Waals surface area contributed by atoms with Crippen LogP contribution in [0.25, 0.3) is 0 Å². The third-order valence-electron chi connectivity index (χ3n) is 2.91. The monoisotopic (exact) mass is 260 g/mol. The number of hydrazone groups is 1. The molecule has 18 heavy (non-hydrogen) atoms. The van der Waals surface area contributed by atoms with E-state index in [4.69, 9.17) is 4.42 Å². The summed E-state index contributed by atoms with van der Waals surface area (Å²) in [6, 6.07) is 7.60. The molecule has 0 spiro atoms. The fourth-order valence-electron chi connectivity index (χ4n) is 2.09. The molecule has 2 aromatic heterocycles. The highest BCUT2D eigenvalue weighted by atomic mass is 32.1. The molecule has 1 aliphatic rings. The Balaban J connectivity index is 1.93. The third kappa shape index (κ3) is 1.86. The number of thiophene rings is 1. The van der Waals surface area contributed by atoms with Gasteiger partial charge in [-0.1, -0.05) is 6.07 Å². The molecule has 1 atom stereocenters. The molecule has 0 radical (unpaired) electrons. The average molecular weight is 260 g/mol. The van der Waals surface area contributed by atoms with E-state index >= 15 is 0 Å². The fourth-order valence-corrected chi connectivity index (χ4v) is 2.82. The van der Waals surface area contributed by atoms with Gasteiger partial charge in [0.25, 0.3) is 0 Å². The van der Waals surface area contributed by atoms with Gasteiger partial charge < -0.3 is 4.42 Å². The second-order valence-corrected chi connectivity index (χ2v) is 5.07. The van der Waals surface area contributed by atoms with Crippen molar-refractivity contribution >= 4 is 23.0 Å². The summed E-state index contributed by atoms with van der Waals surface area (Å²) in [5.41, 5.74) is 0.946. The lowest BCUT2D eigenvalue weighted by Gasteiger charge is -2.17. The molecule has 0 saturated carbocycles. The molecule has 0 unspecified atom stereocenters. The highest BCUT2D eigenvalue weighted by molar-refractivity contribution is 7.12. The van der Waals surface area contributed by atoms with Gasteiger partial charge in [-0.15, -0.1) is 11.3 Å². The summed E-state index contributed by atoms with van der Waals surface area (Å²) in [5, 5.41) is 7.94. The average Bonchev–Trinajstić information content (AvgIpc) is 3.10. The largest absolute Gasteiger partial charge is 0.467 e. The van der Waals surface area contributed by atoms with E-state index in [0.717, 1.165) is 16.3 Å². The van der Waals surface area contributed by atoms with E-state index in [9.17, 15) is 4.79 Å². The lowest BCUT2D eigenvalue weighted by atomic mass is 10.1. The minimum atomic E-state index is -0.116. The second-order valence-electron chi connectivity index (χ2n) is 4.12. The molecule has 5 heteroatoms. The van der Waals surface area contributed by atoms with E-state index in [1.165, 1.54) is 11.9 Å². The van der Waals surface area contributed by atoms with E-state index in [2.05, 4.69) is 5.10 Å². The highest BCUT2D eigenvalue weighted by Crippen LogP contribution is 2.33. The Labute approximate surface area is 109 Å². The quantitative estimate of drug-likeness (QED) is 0.833. The Morgan fingerprint density at radius 3 is 3.00 bits per heavy atom. The smallest absolute Gasteiger partial charge is 0.240 e. The molecule has 0 N–H and O–H groups in total. The Morgan fingerprint density at radius 1 is 1.50 bits per heavy atom. The van der Waals surface area contributed by atoms with Crippen molar-refractivity contribution in [2.45, 2.75) is 19.4 Å². The molecule has 0 bridgehead atoms. The van der Waals surface area contributed by atoms with Crippen molar-refractivity contribution in [3.8, 4) is 0 Å². The van der Waals surface area contributed by atoms with Gasteiger partial charge in [-0.25, -0.2) is 5.01 Å². The number of hydrogen-bond acceptors (Lipinski definition) is 4. The molecule has 2 aromatic rings. The number of rotatable bonds is 2. The Kier molecular flexibility index (Phi) is 2.76. The van der Waals surface area contributed by atoms with E-state index in [0.29, 0.717) is 6.42 Å². The molecule has 0 fully saturated rings. The van der Waals surface area contributed by atoms with Gasteiger partial charge in [0.2, 0.25) is 5.91 Å². The van der Waals surface area contributed by atoms with Crippen molar-refractivity contribution in [1.82, 2.24) is 5.01 Å². The minimum Gasteiger partial charge on any atom is -0.467 e. The first-order valence-electron chi connectivity index (χ1n) is 5.70. The van der Waals surface area contributed by atoms with Gasteiger partial charge in [0.1, 0.15) is 11.8 Å². The SMILES string of the molecule is CC(=O)N1N=C(c2cccs2)C[C@@H]1c1ccco1. The van der Waals surface area contributed by atoms with Crippen LogP contribution in [0.5, 0.6) is 0 Å². The van der Waals surface area contributed by atoms with Crippen molar-refractivity contribution in [2.75, 3.05) is 0 Å². The van der Waals surface area contributed by atoms with Gasteiger partial charge in [-0.3, -0.25) is 4.79 Å². The Morgan fingerprint density at radius 2 is 2.39 bits per heavy atom. The molecule has 92 valence electrons. The molecular weight excluding hydrogens is 248 g/mol. The van der Waals surface area contributed by atoms with Crippen LogP contribution >= 0.6 is 11.3 Å². The van der Waals surface area contributed by atoms with Crippen LogP contribution in [0.4, 0.5) is 0 Å². The normalized spacial score (nSPS) is 19.1. The van der Waals surface area contributed by atoms with E-state index in [1.807, 2.05) is 29.6 Å². The van der Waals surface area contributed by atoms with E-state index < -0.39 is 0 Å². The van der Waals surface area contributed by atoms with Crippen molar-refractivity contribution in [3.63, 3.8) is 0 Å². The number of nitrogens with zero attached hydrogens (tertiary/aromatic N) is 2. The van der Waals surface area contributed by atoms with Crippen LogP contribution in [0.3, 0.4) is 0 Å². The number of carbonyl (C=O) groups is 1. The summed E-state index contributed by atoms with van der Waals surface area (Å²) in [6.45, 7) is 1.52. The number of carbonyl (C=O) groups excluding carboxylic acids is 1. The van der Waals surface area contributed by atoms with Crippen molar-refractivity contribution < 1.29 is 9.21 Å². The Bertz CT molecular complexity index is 572. The number of hydrogen-bond donors (Lipinski definition) is 0. The molecular formula is C13H12N2O2S. The molecule has 1 aliphatic heterocycles. The zero-order valence-electron chi connectivity index (χ0n) is 9.87. The molecule has 0 saturated heterocycles. The molecule has 1 amide bonds. The van der Waals surface area contributed by atoms with Crippen LogP contribution in [0, 0.1) is 0 Å². The van der Waals surface area contributed by atoms with Crippen LogP contribution < -0.4 is 0 Å². The van der Waals surface area contributed by atoms with Crippen LogP contribution in [-0.2, 0) is 4.79 Å². The van der Waals surface area contributed by atoms with Crippen molar-refractivity contribution in [3.05, 3.63) is 46.5 Å². The molecule has 3 heterocycles. The molecule has 3 rings (SSSR count). The zero-order chi connectivity index (χ0) is 12.5. The zero-order valence-corrected chi connectivity index (χ0v) is 10.7. The standard InChI is InChI=1S/C13H12N2O2S/c1-9(16)15-11(12-4-2-6-17-12)8-10(14-15)13-5-3-7-18-13/h2-7,11H,8H2,1H3/t11-/m1/s1. The second kappa shape index (κ2) is 4.42. The van der Waals surface area contributed by atoms with Gasteiger partial charge in [0, 0.05) is 13.3 Å². The van der Waals surface area contributed by atoms with E-state index in [-0.39, 0.29) is 11.9 Å². The predicted molar refractivity (Wildman–Crippen MR) is 69.4 cm³/mol. The summed E-state index contributed by atoms with van der Waals surface area (Å²) < 4.78 is 5.40. The first-order valence-corrected chi connectivity index (χ1v) is 6.58. The summed E-state index contributed by atoms with van der Waals surface area (Å²) in [6.07, 6.45) is 2.32. The first kappa shape index (κ1) is 11.2. The van der Waals surface area contributed by atoms with Crippen molar-refractivity contribution in [1.29, 1.82) is 0 Å². The van der Waals surface area contributed by atoms with Crippen molar-refractivity contribution in [2.24, 2.45) is 5.10 Å². The maximum Gasteiger partial charge on any atom is 0.240 e. The predicted octanol–water partition coefficient (Wildman–Crippen LogP) is 3.04. The van der Waals surface area contributed by atoms with Gasteiger partial charge in [-0.05, 0) is 23.6 Å². The highest BCUT2D eigenvalue weighted by Gasteiger charge is 2.33. The lowest BCUT2D eigenvalue weighted by Crippen LogP contribution is -2.23. The van der Waals surface area contributed by atoms with Gasteiger partial charge in [0.15, 0.2) is 0 Å². The fraction of sp³-hybridized carbons (Fsp3) is 0.231. The van der Waals surface area contributed by atoms with E-state index in [1.54, 1.807) is 17.6 Å². The van der Waals surface area contributed by atoms with Crippen LogP contribution in [0.1, 0.15) is 30.0 Å². The summed E-state index contributed by atoms with van der Waals surface area (Å²) in [4.78, 5) is 12.8.